The molecule has 3 heteroatoms. The second-order valence-electron chi connectivity index (χ2n) is 14.3. The van der Waals surface area contributed by atoms with E-state index in [4.69, 9.17) is 9.47 Å². The van der Waals surface area contributed by atoms with Gasteiger partial charge in [-0.3, -0.25) is 0 Å². The zero-order valence-corrected chi connectivity index (χ0v) is 25.4. The van der Waals surface area contributed by atoms with E-state index in [2.05, 4.69) is 33.8 Å². The van der Waals surface area contributed by atoms with Crippen LogP contribution in [0.3, 0.4) is 0 Å². The van der Waals surface area contributed by atoms with Crippen molar-refractivity contribution in [2.75, 3.05) is 13.7 Å². The first-order valence-electron chi connectivity index (χ1n) is 15.5. The molecule has 0 aromatic heterocycles. The molecule has 4 rings (SSSR count). The summed E-state index contributed by atoms with van der Waals surface area (Å²) in [4.78, 5) is 0. The van der Waals surface area contributed by atoms with Gasteiger partial charge in [-0.1, -0.05) is 52.2 Å². The third-order valence-corrected chi connectivity index (χ3v) is 11.1. The second-order valence-corrected chi connectivity index (χ2v) is 14.3. The van der Waals surface area contributed by atoms with E-state index in [0.29, 0.717) is 23.5 Å². The molecule has 0 aliphatic heterocycles. The predicted octanol–water partition coefficient (Wildman–Crippen LogP) is 8.73. The van der Waals surface area contributed by atoms with Gasteiger partial charge in [0, 0.05) is 7.11 Å². The van der Waals surface area contributed by atoms with Gasteiger partial charge in [0.15, 0.2) is 0 Å². The minimum atomic E-state index is -0.508. The lowest BCUT2D eigenvalue weighted by atomic mass is 9.47. The van der Waals surface area contributed by atoms with Gasteiger partial charge in [0.05, 0.1) is 23.9 Å². The normalized spacial score (nSPS) is 38.3. The Bertz CT molecular complexity index is 734. The number of unbranched alkanes of at least 4 members (excludes halogenated alkanes) is 1. The first kappa shape index (κ1) is 30.2. The van der Waals surface area contributed by atoms with Gasteiger partial charge in [-0.25, -0.2) is 0 Å². The van der Waals surface area contributed by atoms with Crippen LogP contribution in [0.4, 0.5) is 0 Å². The van der Waals surface area contributed by atoms with Crippen molar-refractivity contribution in [1.29, 1.82) is 0 Å². The molecule has 7 atom stereocenters. The van der Waals surface area contributed by atoms with Crippen molar-refractivity contribution in [1.82, 2.24) is 0 Å². The van der Waals surface area contributed by atoms with Crippen LogP contribution in [0.5, 0.6) is 0 Å². The number of rotatable bonds is 9. The summed E-state index contributed by atoms with van der Waals surface area (Å²) in [5.74, 6) is 3.57. The number of fused-ring (bicyclic) bond motifs is 5. The van der Waals surface area contributed by atoms with Crippen LogP contribution in [-0.2, 0) is 9.47 Å². The smallest absolute Gasteiger partial charge is 0.0855 e. The van der Waals surface area contributed by atoms with E-state index >= 15 is 0 Å². The molecule has 36 heavy (non-hydrogen) atoms. The lowest BCUT2D eigenvalue weighted by molar-refractivity contribution is -0.0942. The number of aliphatic hydroxyl groups is 1. The van der Waals surface area contributed by atoms with Crippen molar-refractivity contribution in [3.8, 4) is 0 Å². The molecule has 0 bridgehead atoms. The summed E-state index contributed by atoms with van der Waals surface area (Å²) in [5, 5.41) is 10.1. The van der Waals surface area contributed by atoms with Crippen LogP contribution < -0.4 is 0 Å². The molecule has 210 valence electrons. The SMILES string of the molecule is CC.COC(C)(C)COC1CCC2(C)C(=CC[C@@H]3C2CCC2(C)C(CCCCC(C)(C)O)CCC32)C1. The van der Waals surface area contributed by atoms with Crippen molar-refractivity contribution < 1.29 is 14.6 Å². The van der Waals surface area contributed by atoms with Gasteiger partial charge in [0.25, 0.3) is 0 Å². The average Bonchev–Trinajstić information content (AvgIpc) is 3.17. The minimum absolute atomic E-state index is 0.200. The standard InChI is InChI=1S/C31H54O3.C2H6/c1-28(2,32)17-9-8-10-22-12-14-26-25-13-11-23-20-24(34-21-29(3,4)33-7)15-18-31(23,6)27(25)16-19-30(22,26)5;1-2/h11,22,24-27,32H,8-10,12-21H2,1-7H3;1-2H3/t22?,24?,25-,26?,27?,30?,31?;/m0./s1. The molecule has 3 fully saturated rings. The van der Waals surface area contributed by atoms with Crippen molar-refractivity contribution >= 4 is 0 Å². The molecule has 0 radical (unpaired) electrons. The molecule has 3 saturated carbocycles. The van der Waals surface area contributed by atoms with Gasteiger partial charge < -0.3 is 14.6 Å². The van der Waals surface area contributed by atoms with E-state index in [9.17, 15) is 5.11 Å². The number of allylic oxidation sites excluding steroid dienone is 1. The first-order chi connectivity index (χ1) is 16.9. The van der Waals surface area contributed by atoms with Gasteiger partial charge in [0.2, 0.25) is 0 Å². The molecule has 0 amide bonds. The van der Waals surface area contributed by atoms with Gasteiger partial charge in [-0.15, -0.1) is 0 Å². The average molecular weight is 505 g/mol. The molecule has 4 aliphatic rings. The van der Waals surface area contributed by atoms with Crippen molar-refractivity contribution in [3.63, 3.8) is 0 Å². The summed E-state index contributed by atoms with van der Waals surface area (Å²) in [5.41, 5.74) is 1.94. The zero-order valence-electron chi connectivity index (χ0n) is 25.4. The molecule has 6 unspecified atom stereocenters. The van der Waals surface area contributed by atoms with Crippen LogP contribution in [-0.4, -0.2) is 36.1 Å². The fourth-order valence-electron chi connectivity index (χ4n) is 8.68. The maximum absolute atomic E-state index is 10.1. The Labute approximate surface area is 224 Å². The van der Waals surface area contributed by atoms with Crippen molar-refractivity contribution in [2.24, 2.45) is 34.5 Å². The van der Waals surface area contributed by atoms with Crippen LogP contribution in [0.2, 0.25) is 0 Å². The predicted molar refractivity (Wildman–Crippen MR) is 152 cm³/mol. The fourth-order valence-corrected chi connectivity index (χ4v) is 8.68. The largest absolute Gasteiger partial charge is 0.390 e. The quantitative estimate of drug-likeness (QED) is 0.252. The third-order valence-electron chi connectivity index (χ3n) is 11.1. The molecule has 4 aliphatic carbocycles. The summed E-state index contributed by atoms with van der Waals surface area (Å²) in [6, 6.07) is 0. The van der Waals surface area contributed by atoms with E-state index in [-0.39, 0.29) is 5.60 Å². The van der Waals surface area contributed by atoms with Crippen LogP contribution in [0.1, 0.15) is 132 Å². The Kier molecular flexibility index (Phi) is 9.88. The Hall–Kier alpha value is -0.380. The molecule has 0 aromatic carbocycles. The van der Waals surface area contributed by atoms with Crippen molar-refractivity contribution in [2.45, 2.75) is 150 Å². The lowest BCUT2D eigenvalue weighted by Gasteiger charge is -2.58. The number of hydrogen-bond acceptors (Lipinski definition) is 3. The minimum Gasteiger partial charge on any atom is -0.390 e. The summed E-state index contributed by atoms with van der Waals surface area (Å²) < 4.78 is 11.9. The highest BCUT2D eigenvalue weighted by atomic mass is 16.5. The Balaban J connectivity index is 0.00000176. The summed E-state index contributed by atoms with van der Waals surface area (Å²) in [7, 11) is 1.78. The van der Waals surface area contributed by atoms with E-state index in [1.807, 2.05) is 27.7 Å². The molecule has 1 N–H and O–H groups in total. The van der Waals surface area contributed by atoms with Crippen LogP contribution >= 0.6 is 0 Å². The fraction of sp³-hybridized carbons (Fsp3) is 0.939. The molecule has 0 heterocycles. The first-order valence-corrected chi connectivity index (χ1v) is 15.5. The van der Waals surface area contributed by atoms with Gasteiger partial charge in [-0.05, 0) is 126 Å². The maximum Gasteiger partial charge on any atom is 0.0855 e. The highest BCUT2D eigenvalue weighted by Crippen LogP contribution is 2.66. The third kappa shape index (κ3) is 6.42. The van der Waals surface area contributed by atoms with E-state index < -0.39 is 5.60 Å². The molecule has 0 saturated heterocycles. The Morgan fingerprint density at radius 1 is 0.972 bits per heavy atom. The number of methoxy groups -OCH3 is 1. The summed E-state index contributed by atoms with van der Waals surface area (Å²) in [6.07, 6.45) is 18.5. The lowest BCUT2D eigenvalue weighted by Crippen LogP contribution is -2.50. The van der Waals surface area contributed by atoms with Crippen molar-refractivity contribution in [3.05, 3.63) is 11.6 Å². The number of hydrogen-bond donors (Lipinski definition) is 1. The van der Waals surface area contributed by atoms with Gasteiger partial charge >= 0.3 is 0 Å². The molecule has 0 aromatic rings. The Morgan fingerprint density at radius 3 is 2.36 bits per heavy atom. The molecule has 3 nitrogen and oxygen atoms in total. The summed E-state index contributed by atoms with van der Waals surface area (Å²) in [6.45, 7) is 18.1. The van der Waals surface area contributed by atoms with Crippen LogP contribution in [0, 0.1) is 34.5 Å². The van der Waals surface area contributed by atoms with Gasteiger partial charge in [0.1, 0.15) is 0 Å². The second kappa shape index (κ2) is 11.8. The van der Waals surface area contributed by atoms with Gasteiger partial charge in [-0.2, -0.15) is 0 Å². The van der Waals surface area contributed by atoms with E-state index in [1.54, 1.807) is 12.7 Å². The Morgan fingerprint density at radius 2 is 1.69 bits per heavy atom. The summed E-state index contributed by atoms with van der Waals surface area (Å²) >= 11 is 0. The number of ether oxygens (including phenoxy) is 2. The molecular weight excluding hydrogens is 444 g/mol. The van der Waals surface area contributed by atoms with E-state index in [1.165, 1.54) is 64.2 Å². The van der Waals surface area contributed by atoms with E-state index in [0.717, 1.165) is 36.5 Å². The molecular formula is C33H60O3. The monoisotopic (exact) mass is 504 g/mol. The zero-order chi connectivity index (χ0) is 26.8. The van der Waals surface area contributed by atoms with Crippen LogP contribution in [0.25, 0.3) is 0 Å². The topological polar surface area (TPSA) is 38.7 Å². The van der Waals surface area contributed by atoms with Crippen LogP contribution in [0.15, 0.2) is 11.6 Å². The molecule has 0 spiro atoms. The maximum atomic E-state index is 10.1. The highest BCUT2D eigenvalue weighted by molar-refractivity contribution is 5.25. The highest BCUT2D eigenvalue weighted by Gasteiger charge is 2.58.